The fourth-order valence-corrected chi connectivity index (χ4v) is 4.55. The summed E-state index contributed by atoms with van der Waals surface area (Å²) in [6.07, 6.45) is 3.16. The number of halogens is 1. The van der Waals surface area contributed by atoms with E-state index in [1.807, 2.05) is 58.3 Å². The minimum atomic E-state index is -0.0772. The maximum atomic E-state index is 12.7. The Morgan fingerprint density at radius 2 is 1.71 bits per heavy atom. The molecule has 0 bridgehead atoms. The van der Waals surface area contributed by atoms with Gasteiger partial charge in [0.2, 0.25) is 5.91 Å². The van der Waals surface area contributed by atoms with Gasteiger partial charge in [0, 0.05) is 50.9 Å². The number of nitrogens with zero attached hydrogens (tertiary/aromatic N) is 4. The lowest BCUT2D eigenvalue weighted by Gasteiger charge is -2.38. The second kappa shape index (κ2) is 10.3. The summed E-state index contributed by atoms with van der Waals surface area (Å²) in [6.45, 7) is 2.50. The zero-order chi connectivity index (χ0) is 24.2. The highest BCUT2D eigenvalue weighted by molar-refractivity contribution is 6.33. The van der Waals surface area contributed by atoms with Crippen LogP contribution in [-0.4, -0.2) is 59.2 Å². The van der Waals surface area contributed by atoms with E-state index in [9.17, 15) is 9.59 Å². The second-order valence-electron chi connectivity index (χ2n) is 8.79. The van der Waals surface area contributed by atoms with Gasteiger partial charge in [-0.1, -0.05) is 23.7 Å². The van der Waals surface area contributed by atoms with Crippen molar-refractivity contribution >= 4 is 34.9 Å². The van der Waals surface area contributed by atoms with E-state index in [-0.39, 0.29) is 23.8 Å². The summed E-state index contributed by atoms with van der Waals surface area (Å²) in [5.74, 6) is 1.41. The minimum Gasteiger partial charge on any atom is -0.490 e. The molecule has 1 aromatic heterocycles. The Kier molecular flexibility index (Phi) is 6.81. The van der Waals surface area contributed by atoms with Crippen molar-refractivity contribution in [3.8, 4) is 5.75 Å². The zero-order valence-electron chi connectivity index (χ0n) is 19.1. The Morgan fingerprint density at radius 1 is 0.971 bits per heavy atom. The molecule has 2 aliphatic rings. The van der Waals surface area contributed by atoms with Crippen LogP contribution >= 0.6 is 11.6 Å². The highest BCUT2D eigenvalue weighted by Crippen LogP contribution is 2.26. The highest BCUT2D eigenvalue weighted by atomic mass is 35.5. The number of hydrogen-bond donors (Lipinski definition) is 1. The summed E-state index contributed by atoms with van der Waals surface area (Å²) < 4.78 is 6.12. The number of piperidine rings is 1. The number of nitrogens with one attached hydrogen (secondary N) is 1. The van der Waals surface area contributed by atoms with Gasteiger partial charge < -0.3 is 19.9 Å². The Morgan fingerprint density at radius 3 is 2.40 bits per heavy atom. The van der Waals surface area contributed by atoms with E-state index in [2.05, 4.69) is 15.5 Å². The van der Waals surface area contributed by atoms with Crippen LogP contribution in [0.3, 0.4) is 0 Å². The van der Waals surface area contributed by atoms with Crippen molar-refractivity contribution in [3.05, 3.63) is 77.4 Å². The van der Waals surface area contributed by atoms with Crippen molar-refractivity contribution in [2.24, 2.45) is 5.92 Å². The average Bonchev–Trinajstić information content (AvgIpc) is 2.85. The SMILES string of the molecule is O=C(Nc1ccc(OC2CCN(C(=O)c3ccccc3Cl)CC2)cc1)C1CN(c2cccnn2)C1. The van der Waals surface area contributed by atoms with Crippen molar-refractivity contribution in [1.29, 1.82) is 0 Å². The summed E-state index contributed by atoms with van der Waals surface area (Å²) >= 11 is 6.17. The van der Waals surface area contributed by atoms with Crippen LogP contribution in [0.2, 0.25) is 5.02 Å². The average molecular weight is 492 g/mol. The molecule has 8 nitrogen and oxygen atoms in total. The number of likely N-dealkylation sites (tertiary alicyclic amines) is 1. The molecule has 0 radical (unpaired) electrons. The van der Waals surface area contributed by atoms with Gasteiger partial charge in [-0.2, -0.15) is 5.10 Å². The third kappa shape index (κ3) is 5.38. The Balaban J connectivity index is 1.07. The summed E-state index contributed by atoms with van der Waals surface area (Å²) in [4.78, 5) is 29.1. The van der Waals surface area contributed by atoms with Gasteiger partial charge in [0.1, 0.15) is 11.9 Å². The van der Waals surface area contributed by atoms with E-state index in [1.165, 1.54) is 0 Å². The molecule has 2 aliphatic heterocycles. The lowest BCUT2D eigenvalue weighted by atomic mass is 9.99. The fraction of sp³-hybridized carbons (Fsp3) is 0.308. The standard InChI is InChI=1S/C26H26ClN5O3/c27-23-5-2-1-4-22(23)26(34)31-14-11-21(12-15-31)35-20-9-7-19(8-10-20)29-25(33)18-16-32(17-18)24-6-3-13-28-30-24/h1-10,13,18,21H,11-12,14-17H2,(H,29,33). The number of anilines is 2. The molecule has 0 saturated carbocycles. The van der Waals surface area contributed by atoms with Crippen molar-refractivity contribution in [1.82, 2.24) is 15.1 Å². The third-order valence-corrected chi connectivity index (χ3v) is 6.72. The molecule has 2 fully saturated rings. The number of amides is 2. The lowest BCUT2D eigenvalue weighted by Crippen LogP contribution is -2.52. The van der Waals surface area contributed by atoms with Crippen molar-refractivity contribution in [2.45, 2.75) is 18.9 Å². The first-order valence-corrected chi connectivity index (χ1v) is 12.1. The van der Waals surface area contributed by atoms with Crippen LogP contribution in [0.15, 0.2) is 66.9 Å². The number of aromatic nitrogens is 2. The summed E-state index contributed by atoms with van der Waals surface area (Å²) in [6, 6.07) is 18.3. The van der Waals surface area contributed by atoms with Gasteiger partial charge in [0.15, 0.2) is 5.82 Å². The molecule has 0 aliphatic carbocycles. The summed E-state index contributed by atoms with van der Waals surface area (Å²) in [5, 5.41) is 11.4. The van der Waals surface area contributed by atoms with Crippen LogP contribution in [0, 0.1) is 5.92 Å². The van der Waals surface area contributed by atoms with E-state index >= 15 is 0 Å². The molecule has 35 heavy (non-hydrogen) atoms. The molecular formula is C26H26ClN5O3. The second-order valence-corrected chi connectivity index (χ2v) is 9.19. The van der Waals surface area contributed by atoms with Gasteiger partial charge in [0.25, 0.3) is 5.91 Å². The van der Waals surface area contributed by atoms with Crippen LogP contribution in [-0.2, 0) is 4.79 Å². The molecule has 1 N–H and O–H groups in total. The van der Waals surface area contributed by atoms with Crippen LogP contribution in [0.1, 0.15) is 23.2 Å². The first kappa shape index (κ1) is 23.1. The first-order chi connectivity index (χ1) is 17.1. The van der Waals surface area contributed by atoms with Crippen LogP contribution < -0.4 is 15.0 Å². The molecule has 3 aromatic rings. The van der Waals surface area contributed by atoms with Gasteiger partial charge in [-0.25, -0.2) is 0 Å². The maximum absolute atomic E-state index is 12.7. The molecule has 2 amide bonds. The lowest BCUT2D eigenvalue weighted by molar-refractivity contribution is -0.120. The summed E-state index contributed by atoms with van der Waals surface area (Å²) in [5.41, 5.74) is 1.27. The van der Waals surface area contributed by atoms with Gasteiger partial charge in [0.05, 0.1) is 16.5 Å². The predicted molar refractivity (Wildman–Crippen MR) is 134 cm³/mol. The van der Waals surface area contributed by atoms with Crippen LogP contribution in [0.4, 0.5) is 11.5 Å². The molecule has 0 spiro atoms. The fourth-order valence-electron chi connectivity index (χ4n) is 4.33. The number of ether oxygens (including phenoxy) is 1. The van der Waals surface area contributed by atoms with Gasteiger partial charge >= 0.3 is 0 Å². The normalized spacial score (nSPS) is 16.5. The van der Waals surface area contributed by atoms with Crippen molar-refractivity contribution < 1.29 is 14.3 Å². The predicted octanol–water partition coefficient (Wildman–Crippen LogP) is 3.89. The number of hydrogen-bond acceptors (Lipinski definition) is 6. The largest absolute Gasteiger partial charge is 0.490 e. The van der Waals surface area contributed by atoms with E-state index in [4.69, 9.17) is 16.3 Å². The van der Waals surface area contributed by atoms with Crippen molar-refractivity contribution in [3.63, 3.8) is 0 Å². The van der Waals surface area contributed by atoms with E-state index < -0.39 is 0 Å². The number of carbonyl (C=O) groups is 2. The molecule has 2 aromatic carbocycles. The minimum absolute atomic E-state index is 0.00522. The van der Waals surface area contributed by atoms with E-state index in [0.717, 1.165) is 30.1 Å². The van der Waals surface area contributed by atoms with Gasteiger partial charge in [-0.15, -0.1) is 5.10 Å². The number of carbonyl (C=O) groups excluding carboxylic acids is 2. The van der Waals surface area contributed by atoms with E-state index in [1.54, 1.807) is 18.3 Å². The molecule has 0 unspecified atom stereocenters. The molecule has 2 saturated heterocycles. The van der Waals surface area contributed by atoms with Gasteiger partial charge in [-0.3, -0.25) is 9.59 Å². The van der Waals surface area contributed by atoms with Crippen LogP contribution in [0.25, 0.3) is 0 Å². The van der Waals surface area contributed by atoms with Crippen LogP contribution in [0.5, 0.6) is 5.75 Å². The van der Waals surface area contributed by atoms with Gasteiger partial charge in [-0.05, 0) is 48.5 Å². The highest BCUT2D eigenvalue weighted by Gasteiger charge is 2.33. The molecular weight excluding hydrogens is 466 g/mol. The third-order valence-electron chi connectivity index (χ3n) is 6.39. The molecule has 180 valence electrons. The topological polar surface area (TPSA) is 87.7 Å². The molecule has 5 rings (SSSR count). The van der Waals surface area contributed by atoms with Crippen molar-refractivity contribution in [2.75, 3.05) is 36.4 Å². The number of benzene rings is 2. The Labute approximate surface area is 208 Å². The Hall–Kier alpha value is -3.65. The quantitative estimate of drug-likeness (QED) is 0.563. The first-order valence-electron chi connectivity index (χ1n) is 11.7. The molecule has 9 heteroatoms. The Bertz CT molecular complexity index is 1180. The smallest absolute Gasteiger partial charge is 0.255 e. The zero-order valence-corrected chi connectivity index (χ0v) is 19.9. The number of rotatable bonds is 6. The maximum Gasteiger partial charge on any atom is 0.255 e. The summed E-state index contributed by atoms with van der Waals surface area (Å²) in [7, 11) is 0. The van der Waals surface area contributed by atoms with E-state index in [0.29, 0.717) is 36.8 Å². The molecule has 3 heterocycles. The monoisotopic (exact) mass is 491 g/mol. The molecule has 0 atom stereocenters.